The molecule has 1 amide bonds. The summed E-state index contributed by atoms with van der Waals surface area (Å²) in [6, 6.07) is 8.09. The van der Waals surface area contributed by atoms with Crippen LogP contribution in [-0.4, -0.2) is 59.9 Å². The van der Waals surface area contributed by atoms with E-state index in [1.54, 1.807) is 7.11 Å². The number of carbonyl (C=O) groups is 1. The molecule has 1 aliphatic heterocycles. The number of hydrogen-bond donors (Lipinski definition) is 0. The summed E-state index contributed by atoms with van der Waals surface area (Å²) < 4.78 is 5.37. The van der Waals surface area contributed by atoms with Crippen LogP contribution in [0.4, 0.5) is 5.82 Å². The molecule has 0 unspecified atom stereocenters. The first-order valence-corrected chi connectivity index (χ1v) is 10.9. The highest BCUT2D eigenvalue weighted by atomic mass is 35.5. The molecule has 0 bridgehead atoms. The van der Waals surface area contributed by atoms with Gasteiger partial charge in [0.25, 0.3) is 0 Å². The lowest BCUT2D eigenvalue weighted by molar-refractivity contribution is -0.139. The van der Waals surface area contributed by atoms with Gasteiger partial charge in [-0.25, -0.2) is 9.97 Å². The first kappa shape index (κ1) is 22.3. The van der Waals surface area contributed by atoms with E-state index in [1.807, 2.05) is 50.8 Å². The zero-order chi connectivity index (χ0) is 21.9. The molecule has 0 aliphatic carbocycles. The number of halogens is 1. The smallest absolute Gasteiger partial charge is 0.229 e. The van der Waals surface area contributed by atoms with Crippen molar-refractivity contribution in [3.05, 3.63) is 46.9 Å². The van der Waals surface area contributed by atoms with E-state index in [4.69, 9.17) is 21.3 Å². The number of hydrogen-bond acceptors (Lipinski definition) is 5. The second kappa shape index (κ2) is 9.21. The third-order valence-electron chi connectivity index (χ3n) is 5.60. The molecule has 0 atom stereocenters. The van der Waals surface area contributed by atoms with Crippen molar-refractivity contribution in [1.29, 1.82) is 0 Å². The van der Waals surface area contributed by atoms with Crippen molar-refractivity contribution in [3.63, 3.8) is 0 Å². The molecule has 0 saturated carbocycles. The van der Waals surface area contributed by atoms with Gasteiger partial charge in [-0.15, -0.1) is 11.6 Å². The van der Waals surface area contributed by atoms with Crippen molar-refractivity contribution in [3.8, 4) is 5.75 Å². The monoisotopic (exact) mass is 430 g/mol. The number of ether oxygens (including phenoxy) is 1. The first-order valence-electron chi connectivity index (χ1n) is 10.3. The number of anilines is 1. The van der Waals surface area contributed by atoms with Gasteiger partial charge in [0.05, 0.1) is 12.5 Å². The Morgan fingerprint density at radius 3 is 2.50 bits per heavy atom. The highest BCUT2D eigenvalue weighted by molar-refractivity contribution is 6.19. The van der Waals surface area contributed by atoms with Crippen molar-refractivity contribution in [1.82, 2.24) is 14.9 Å². The molecule has 3 rings (SSSR count). The predicted octanol–water partition coefficient (Wildman–Crippen LogP) is 3.61. The lowest BCUT2D eigenvalue weighted by atomic mass is 9.94. The predicted molar refractivity (Wildman–Crippen MR) is 121 cm³/mol. The lowest BCUT2D eigenvalue weighted by Gasteiger charge is -2.39. The van der Waals surface area contributed by atoms with E-state index >= 15 is 0 Å². The first-order chi connectivity index (χ1) is 14.2. The van der Waals surface area contributed by atoms with Crippen molar-refractivity contribution < 1.29 is 9.53 Å². The molecular weight excluding hydrogens is 400 g/mol. The number of amides is 1. The van der Waals surface area contributed by atoms with E-state index in [0.717, 1.165) is 53.7 Å². The second-order valence-electron chi connectivity index (χ2n) is 8.48. The summed E-state index contributed by atoms with van der Waals surface area (Å²) in [7, 11) is 1.68. The minimum Gasteiger partial charge on any atom is -0.497 e. The van der Waals surface area contributed by atoms with E-state index < -0.39 is 5.41 Å². The summed E-state index contributed by atoms with van der Waals surface area (Å²) in [5, 5.41) is 0. The maximum atomic E-state index is 12.8. The van der Waals surface area contributed by atoms with Gasteiger partial charge in [0.15, 0.2) is 0 Å². The molecule has 1 aliphatic rings. The van der Waals surface area contributed by atoms with Crippen LogP contribution in [0.25, 0.3) is 0 Å². The zero-order valence-electron chi connectivity index (χ0n) is 18.5. The number of methoxy groups -OCH3 is 1. The largest absolute Gasteiger partial charge is 0.497 e. The van der Waals surface area contributed by atoms with Gasteiger partial charge < -0.3 is 14.5 Å². The molecule has 0 N–H and O–H groups in total. The molecule has 6 nitrogen and oxygen atoms in total. The highest BCUT2D eigenvalue weighted by Crippen LogP contribution is 2.27. The summed E-state index contributed by atoms with van der Waals surface area (Å²) in [6.07, 6.45) is 0.733. The van der Waals surface area contributed by atoms with Crippen molar-refractivity contribution in [2.75, 3.05) is 44.1 Å². The number of piperazine rings is 1. The molecule has 0 spiro atoms. The van der Waals surface area contributed by atoms with Crippen molar-refractivity contribution >= 4 is 23.3 Å². The standard InChI is InChI=1S/C23H31ClN4O2/c1-16-20(14-18-7-6-8-19(13-18)30-5)21(26-17(2)25-16)27-9-11-28(12-10-27)22(29)23(3,4)15-24/h6-8,13H,9-12,14-15H2,1-5H3. The van der Waals surface area contributed by atoms with Gasteiger partial charge in [-0.2, -0.15) is 0 Å². The number of nitrogens with zero attached hydrogens (tertiary/aromatic N) is 4. The molecule has 0 radical (unpaired) electrons. The third kappa shape index (κ3) is 4.86. The Bertz CT molecular complexity index is 908. The number of alkyl halides is 1. The lowest BCUT2D eigenvalue weighted by Crippen LogP contribution is -2.53. The van der Waals surface area contributed by atoms with Gasteiger partial charge >= 0.3 is 0 Å². The minimum absolute atomic E-state index is 0.115. The SMILES string of the molecule is COc1cccc(Cc2c(C)nc(C)nc2N2CCN(C(=O)C(C)(C)CCl)CC2)c1. The fraction of sp³-hybridized carbons (Fsp3) is 0.522. The quantitative estimate of drug-likeness (QED) is 0.655. The second-order valence-corrected chi connectivity index (χ2v) is 8.75. The summed E-state index contributed by atoms with van der Waals surface area (Å²) in [6.45, 7) is 10.6. The maximum absolute atomic E-state index is 12.8. The molecule has 1 aromatic carbocycles. The molecular formula is C23H31ClN4O2. The molecule has 2 heterocycles. The van der Waals surface area contributed by atoms with Gasteiger partial charge in [0.2, 0.25) is 5.91 Å². The highest BCUT2D eigenvalue weighted by Gasteiger charge is 2.33. The van der Waals surface area contributed by atoms with Crippen molar-refractivity contribution in [2.45, 2.75) is 34.1 Å². The Labute approximate surface area is 184 Å². The number of benzene rings is 1. The van der Waals surface area contributed by atoms with Gasteiger partial charge in [0.1, 0.15) is 17.4 Å². The van der Waals surface area contributed by atoms with Crippen LogP contribution in [0.1, 0.15) is 36.5 Å². The topological polar surface area (TPSA) is 58.6 Å². The summed E-state index contributed by atoms with van der Waals surface area (Å²) in [5.74, 6) is 3.00. The molecule has 1 aromatic heterocycles. The van der Waals surface area contributed by atoms with Crippen LogP contribution in [0, 0.1) is 19.3 Å². The summed E-state index contributed by atoms with van der Waals surface area (Å²) in [5.41, 5.74) is 2.73. The Morgan fingerprint density at radius 2 is 1.87 bits per heavy atom. The molecule has 30 heavy (non-hydrogen) atoms. The zero-order valence-corrected chi connectivity index (χ0v) is 19.3. The average Bonchev–Trinajstić information content (AvgIpc) is 2.75. The van der Waals surface area contributed by atoms with E-state index in [2.05, 4.69) is 16.0 Å². The van der Waals surface area contributed by atoms with Crippen LogP contribution in [-0.2, 0) is 11.2 Å². The molecule has 162 valence electrons. The summed E-state index contributed by atoms with van der Waals surface area (Å²) >= 11 is 6.00. The van der Waals surface area contributed by atoms with Gasteiger partial charge in [-0.05, 0) is 45.4 Å². The number of rotatable bonds is 6. The fourth-order valence-electron chi connectivity index (χ4n) is 3.78. The van der Waals surface area contributed by atoms with E-state index in [9.17, 15) is 4.79 Å². The van der Waals surface area contributed by atoms with Crippen LogP contribution in [0.15, 0.2) is 24.3 Å². The maximum Gasteiger partial charge on any atom is 0.229 e. The van der Waals surface area contributed by atoms with Crippen LogP contribution >= 0.6 is 11.6 Å². The summed E-state index contributed by atoms with van der Waals surface area (Å²) in [4.78, 5) is 26.3. The Morgan fingerprint density at radius 1 is 1.17 bits per heavy atom. The van der Waals surface area contributed by atoms with Crippen LogP contribution in [0.2, 0.25) is 0 Å². The Hall–Kier alpha value is -2.34. The van der Waals surface area contributed by atoms with E-state index in [-0.39, 0.29) is 5.91 Å². The van der Waals surface area contributed by atoms with E-state index in [1.165, 1.54) is 0 Å². The van der Waals surface area contributed by atoms with Gasteiger partial charge in [-0.3, -0.25) is 4.79 Å². The molecule has 1 fully saturated rings. The Balaban J connectivity index is 1.82. The minimum atomic E-state index is -0.538. The molecule has 2 aromatic rings. The van der Waals surface area contributed by atoms with Gasteiger partial charge in [0, 0.05) is 49.7 Å². The van der Waals surface area contributed by atoms with Gasteiger partial charge in [-0.1, -0.05) is 12.1 Å². The number of aromatic nitrogens is 2. The number of carbonyl (C=O) groups excluding carboxylic acids is 1. The number of aryl methyl sites for hydroxylation is 2. The fourth-order valence-corrected chi connectivity index (χ4v) is 3.89. The normalized spacial score (nSPS) is 14.7. The molecule has 7 heteroatoms. The third-order valence-corrected chi connectivity index (χ3v) is 6.27. The molecule has 1 saturated heterocycles. The van der Waals surface area contributed by atoms with Crippen molar-refractivity contribution in [2.24, 2.45) is 5.41 Å². The Kier molecular flexibility index (Phi) is 6.86. The van der Waals surface area contributed by atoms with Crippen LogP contribution in [0.3, 0.4) is 0 Å². The van der Waals surface area contributed by atoms with E-state index in [0.29, 0.717) is 19.0 Å². The average molecular weight is 431 g/mol. The van der Waals surface area contributed by atoms with Crippen LogP contribution < -0.4 is 9.64 Å². The van der Waals surface area contributed by atoms with Crippen LogP contribution in [0.5, 0.6) is 5.75 Å².